The molecule has 5 heteroatoms. The summed E-state index contributed by atoms with van der Waals surface area (Å²) in [6.45, 7) is 1.49. The third-order valence-corrected chi connectivity index (χ3v) is 2.41. The summed E-state index contributed by atoms with van der Waals surface area (Å²) in [6.07, 6.45) is 1.49. The zero-order valence-corrected chi connectivity index (χ0v) is 9.54. The number of aromatic amines is 1. The summed E-state index contributed by atoms with van der Waals surface area (Å²) in [4.78, 5) is 23.9. The van der Waals surface area contributed by atoms with Crippen molar-refractivity contribution in [2.24, 2.45) is 0 Å². The van der Waals surface area contributed by atoms with E-state index in [4.69, 9.17) is 11.6 Å². The largest absolute Gasteiger partial charge is 0.327 e. The van der Waals surface area contributed by atoms with Gasteiger partial charge in [0.05, 0.1) is 5.75 Å². The molecule has 0 fully saturated rings. The number of hydrogen-bond donors (Lipinski definition) is 1. The van der Waals surface area contributed by atoms with Crippen molar-refractivity contribution in [3.8, 4) is 11.8 Å². The summed E-state index contributed by atoms with van der Waals surface area (Å²) in [7, 11) is 0. The Balaban J connectivity index is 2.68. The van der Waals surface area contributed by atoms with Crippen molar-refractivity contribution in [2.75, 3.05) is 5.75 Å². The molecule has 0 aromatic carbocycles. The number of thioether (sulfide) groups is 1. The van der Waals surface area contributed by atoms with Crippen LogP contribution in [0.1, 0.15) is 12.5 Å². The van der Waals surface area contributed by atoms with Crippen LogP contribution in [0.15, 0.2) is 17.1 Å². The van der Waals surface area contributed by atoms with Gasteiger partial charge >= 0.3 is 0 Å². The van der Waals surface area contributed by atoms with Crippen LogP contribution in [0.3, 0.4) is 0 Å². The molecule has 1 aromatic rings. The van der Waals surface area contributed by atoms with Gasteiger partial charge in [0.2, 0.25) is 0 Å². The topological polar surface area (TPSA) is 49.9 Å². The second-order valence-electron chi connectivity index (χ2n) is 2.65. The quantitative estimate of drug-likeness (QED) is 0.761. The number of carbonyl (C=O) groups is 1. The van der Waals surface area contributed by atoms with Gasteiger partial charge < -0.3 is 4.98 Å². The van der Waals surface area contributed by atoms with Crippen LogP contribution >= 0.6 is 23.4 Å². The molecule has 15 heavy (non-hydrogen) atoms. The van der Waals surface area contributed by atoms with E-state index in [-0.39, 0.29) is 15.7 Å². The van der Waals surface area contributed by atoms with Gasteiger partial charge in [-0.15, -0.1) is 0 Å². The Hall–Kier alpha value is -1.18. The number of aromatic nitrogens is 1. The average Bonchev–Trinajstić information content (AvgIpc) is 2.18. The van der Waals surface area contributed by atoms with Crippen molar-refractivity contribution in [3.05, 3.63) is 33.2 Å². The smallest absolute Gasteiger partial charge is 0.266 e. The van der Waals surface area contributed by atoms with Crippen molar-refractivity contribution in [1.29, 1.82) is 0 Å². The minimum Gasteiger partial charge on any atom is -0.327 e. The van der Waals surface area contributed by atoms with Crippen LogP contribution in [-0.4, -0.2) is 15.9 Å². The Morgan fingerprint density at radius 1 is 1.67 bits per heavy atom. The number of halogens is 1. The fourth-order valence-electron chi connectivity index (χ4n) is 0.804. The number of pyridine rings is 1. The van der Waals surface area contributed by atoms with E-state index in [1.165, 1.54) is 19.2 Å². The summed E-state index contributed by atoms with van der Waals surface area (Å²) in [5.41, 5.74) is 0.295. The van der Waals surface area contributed by atoms with Crippen LogP contribution < -0.4 is 5.56 Å². The molecule has 3 nitrogen and oxygen atoms in total. The van der Waals surface area contributed by atoms with Crippen LogP contribution in [0.5, 0.6) is 0 Å². The highest BCUT2D eigenvalue weighted by Crippen LogP contribution is 2.03. The number of rotatable bonds is 1. The molecule has 1 heterocycles. The first-order chi connectivity index (χ1) is 7.09. The maximum absolute atomic E-state index is 10.9. The van der Waals surface area contributed by atoms with E-state index in [9.17, 15) is 9.59 Å². The first-order valence-corrected chi connectivity index (χ1v) is 5.46. The van der Waals surface area contributed by atoms with Crippen molar-refractivity contribution in [2.45, 2.75) is 6.92 Å². The third-order valence-electron chi connectivity index (χ3n) is 1.44. The SMILES string of the molecule is CC(=O)SCC#Cc1c[nH]c(=O)c(Cl)c1. The van der Waals surface area contributed by atoms with Crippen molar-refractivity contribution < 1.29 is 4.79 Å². The van der Waals surface area contributed by atoms with Crippen molar-refractivity contribution in [1.82, 2.24) is 4.98 Å². The van der Waals surface area contributed by atoms with E-state index in [1.54, 1.807) is 0 Å². The van der Waals surface area contributed by atoms with Gasteiger partial charge in [0.1, 0.15) is 5.02 Å². The molecule has 0 aliphatic rings. The molecule has 1 rings (SSSR count). The third kappa shape index (κ3) is 4.24. The van der Waals surface area contributed by atoms with Crippen molar-refractivity contribution >= 4 is 28.5 Å². The van der Waals surface area contributed by atoms with Gasteiger partial charge in [0.25, 0.3) is 5.56 Å². The highest BCUT2D eigenvalue weighted by atomic mass is 35.5. The summed E-state index contributed by atoms with van der Waals surface area (Å²) in [6, 6.07) is 1.49. The molecule has 0 amide bonds. The Morgan fingerprint density at radius 2 is 2.40 bits per heavy atom. The maximum Gasteiger partial charge on any atom is 0.266 e. The molecule has 0 radical (unpaired) electrons. The molecule has 78 valence electrons. The first kappa shape index (κ1) is 11.9. The predicted octanol–water partition coefficient (Wildman–Crippen LogP) is 1.66. The first-order valence-electron chi connectivity index (χ1n) is 4.10. The second-order valence-corrected chi connectivity index (χ2v) is 4.21. The standard InChI is InChI=1S/C10H8ClNO2S/c1-7(13)15-4-2-3-8-5-9(11)10(14)12-6-8/h5-6H,4H2,1H3,(H,12,14). The summed E-state index contributed by atoms with van der Waals surface area (Å²) >= 11 is 6.75. The fourth-order valence-corrected chi connectivity index (χ4v) is 1.32. The zero-order valence-electron chi connectivity index (χ0n) is 7.96. The van der Waals surface area contributed by atoms with Crippen LogP contribution in [0.4, 0.5) is 0 Å². The number of hydrogen-bond acceptors (Lipinski definition) is 3. The molecule has 0 aliphatic heterocycles. The minimum absolute atomic E-state index is 0.0313. The second kappa shape index (κ2) is 5.64. The minimum atomic E-state index is -0.333. The lowest BCUT2D eigenvalue weighted by atomic mass is 10.3. The lowest BCUT2D eigenvalue weighted by molar-refractivity contribution is -0.109. The molecular formula is C10H8ClNO2S. The fraction of sp³-hybridized carbons (Fsp3) is 0.200. The van der Waals surface area contributed by atoms with E-state index < -0.39 is 0 Å². The van der Waals surface area contributed by atoms with Gasteiger partial charge in [-0.05, 0) is 6.07 Å². The van der Waals surface area contributed by atoms with E-state index in [2.05, 4.69) is 16.8 Å². The molecule has 0 spiro atoms. The van der Waals surface area contributed by atoms with Gasteiger partial charge in [-0.25, -0.2) is 0 Å². The molecule has 0 saturated carbocycles. The Morgan fingerprint density at radius 3 is 3.00 bits per heavy atom. The van der Waals surface area contributed by atoms with Gasteiger partial charge in [-0.3, -0.25) is 9.59 Å². The van der Waals surface area contributed by atoms with Crippen molar-refractivity contribution in [3.63, 3.8) is 0 Å². The lowest BCUT2D eigenvalue weighted by Gasteiger charge is -1.90. The predicted molar refractivity (Wildman–Crippen MR) is 62.1 cm³/mol. The molecule has 0 bridgehead atoms. The van der Waals surface area contributed by atoms with Crippen LogP contribution in [0, 0.1) is 11.8 Å². The van der Waals surface area contributed by atoms with Crippen LogP contribution in [0.2, 0.25) is 5.02 Å². The summed E-state index contributed by atoms with van der Waals surface area (Å²) in [5.74, 6) is 6.02. The molecule has 0 saturated heterocycles. The molecule has 1 N–H and O–H groups in total. The zero-order chi connectivity index (χ0) is 11.3. The van der Waals surface area contributed by atoms with Gasteiger partial charge in [0, 0.05) is 18.7 Å². The van der Waals surface area contributed by atoms with E-state index in [1.807, 2.05) is 0 Å². The maximum atomic E-state index is 10.9. The van der Waals surface area contributed by atoms with E-state index in [0.717, 1.165) is 11.8 Å². The van der Waals surface area contributed by atoms with Crippen LogP contribution in [0.25, 0.3) is 0 Å². The van der Waals surface area contributed by atoms with Gasteiger partial charge in [-0.1, -0.05) is 35.2 Å². The Bertz CT molecular complexity index is 484. The highest BCUT2D eigenvalue weighted by molar-refractivity contribution is 8.13. The Kier molecular flexibility index (Phi) is 4.47. The average molecular weight is 242 g/mol. The highest BCUT2D eigenvalue weighted by Gasteiger charge is 1.95. The molecule has 0 atom stereocenters. The normalized spacial score (nSPS) is 9.20. The van der Waals surface area contributed by atoms with Gasteiger partial charge in [-0.2, -0.15) is 0 Å². The molecule has 0 unspecified atom stereocenters. The summed E-state index contributed by atoms with van der Waals surface area (Å²) in [5, 5.41) is 0.143. The van der Waals surface area contributed by atoms with Gasteiger partial charge in [0.15, 0.2) is 5.12 Å². The number of nitrogens with one attached hydrogen (secondary N) is 1. The monoisotopic (exact) mass is 241 g/mol. The molecular weight excluding hydrogens is 234 g/mol. The van der Waals surface area contributed by atoms with E-state index in [0.29, 0.717) is 11.3 Å². The summed E-state index contributed by atoms with van der Waals surface area (Å²) < 4.78 is 0. The van der Waals surface area contributed by atoms with Crippen LogP contribution in [-0.2, 0) is 4.79 Å². The molecule has 1 aromatic heterocycles. The Labute approximate surface area is 96.2 Å². The lowest BCUT2D eigenvalue weighted by Crippen LogP contribution is -2.04. The number of H-pyrrole nitrogens is 1. The number of carbonyl (C=O) groups excluding carboxylic acids is 1. The van der Waals surface area contributed by atoms with E-state index >= 15 is 0 Å². The molecule has 0 aliphatic carbocycles.